The van der Waals surface area contributed by atoms with Gasteiger partial charge in [-0.1, -0.05) is 0 Å². The second-order valence-corrected chi connectivity index (χ2v) is 8.76. The van der Waals surface area contributed by atoms with Gasteiger partial charge in [-0.15, -0.1) is 11.3 Å². The molecule has 0 atom stereocenters. The lowest BCUT2D eigenvalue weighted by Gasteiger charge is -2.27. The van der Waals surface area contributed by atoms with Crippen molar-refractivity contribution in [3.8, 4) is 0 Å². The van der Waals surface area contributed by atoms with Crippen LogP contribution in [-0.4, -0.2) is 56.9 Å². The summed E-state index contributed by atoms with van der Waals surface area (Å²) in [6, 6.07) is 1.59. The van der Waals surface area contributed by atoms with Gasteiger partial charge in [-0.3, -0.25) is 4.79 Å². The van der Waals surface area contributed by atoms with Crippen molar-refractivity contribution in [3.05, 3.63) is 21.9 Å². The zero-order chi connectivity index (χ0) is 16.9. The molecule has 2 rings (SSSR count). The minimum atomic E-state index is -3.09. The number of amides is 3. The molecule has 128 valence electrons. The zero-order valence-electron chi connectivity index (χ0n) is 13.0. The summed E-state index contributed by atoms with van der Waals surface area (Å²) in [5, 5.41) is 7.05. The van der Waals surface area contributed by atoms with Crippen molar-refractivity contribution < 1.29 is 18.0 Å². The zero-order valence-corrected chi connectivity index (χ0v) is 14.6. The van der Waals surface area contributed by atoms with Crippen LogP contribution in [0.25, 0.3) is 0 Å². The smallest absolute Gasteiger partial charge is 0.314 e. The summed E-state index contributed by atoms with van der Waals surface area (Å²) in [6.07, 6.45) is 2.24. The highest BCUT2D eigenvalue weighted by Gasteiger charge is 2.21. The first-order valence-corrected chi connectivity index (χ1v) is 10.3. The van der Waals surface area contributed by atoms with E-state index in [1.54, 1.807) is 16.2 Å². The van der Waals surface area contributed by atoms with Crippen molar-refractivity contribution in [1.82, 2.24) is 15.5 Å². The molecule has 7 nitrogen and oxygen atoms in total. The van der Waals surface area contributed by atoms with Crippen LogP contribution in [0.3, 0.4) is 0 Å². The molecular weight excluding hydrogens is 338 g/mol. The van der Waals surface area contributed by atoms with Gasteiger partial charge >= 0.3 is 6.03 Å². The number of rotatable bonds is 6. The molecule has 1 aromatic heterocycles. The van der Waals surface area contributed by atoms with Crippen molar-refractivity contribution in [2.75, 3.05) is 31.6 Å². The predicted octanol–water partition coefficient (Wildman–Crippen LogP) is 0.367. The molecule has 0 aliphatic carbocycles. The molecule has 0 saturated heterocycles. The number of carbonyl (C=O) groups excluding carboxylic acids is 2. The van der Waals surface area contributed by atoms with Crippen LogP contribution < -0.4 is 10.6 Å². The van der Waals surface area contributed by atoms with Crippen molar-refractivity contribution >= 4 is 33.1 Å². The number of fused-ring (bicyclic) bond motifs is 1. The fraction of sp³-hybridized carbons (Fsp3) is 0.571. The quantitative estimate of drug-likeness (QED) is 0.767. The number of carbonyl (C=O) groups is 2. The van der Waals surface area contributed by atoms with Gasteiger partial charge in [0.2, 0.25) is 5.91 Å². The number of nitrogens with one attached hydrogen (secondary N) is 2. The Morgan fingerprint density at radius 1 is 1.30 bits per heavy atom. The summed E-state index contributed by atoms with van der Waals surface area (Å²) in [5.41, 5.74) is 1.21. The first-order valence-electron chi connectivity index (χ1n) is 7.37. The van der Waals surface area contributed by atoms with Gasteiger partial charge in [-0.05, 0) is 23.4 Å². The summed E-state index contributed by atoms with van der Waals surface area (Å²) in [4.78, 5) is 26.8. The first-order chi connectivity index (χ1) is 10.8. The van der Waals surface area contributed by atoms with E-state index in [9.17, 15) is 18.0 Å². The molecule has 0 unspecified atom stereocenters. The van der Waals surface area contributed by atoms with Gasteiger partial charge < -0.3 is 15.5 Å². The third-order valence-electron chi connectivity index (χ3n) is 3.54. The van der Waals surface area contributed by atoms with Crippen LogP contribution in [0, 0.1) is 0 Å². The molecule has 1 aliphatic heterocycles. The summed E-state index contributed by atoms with van der Waals surface area (Å²) >= 11 is 1.72. The second-order valence-electron chi connectivity index (χ2n) is 5.50. The molecule has 0 fully saturated rings. The molecule has 1 aliphatic rings. The highest BCUT2D eigenvalue weighted by atomic mass is 32.2. The van der Waals surface area contributed by atoms with E-state index in [-0.39, 0.29) is 31.2 Å². The number of sulfone groups is 1. The monoisotopic (exact) mass is 359 g/mol. The standard InChI is InChI=1S/C14H21N3O4S2/c1-23(20,21)9-6-16-14(19)15-5-2-13(18)17-7-3-12-11(10-17)4-8-22-12/h4,8H,2-3,5-7,9-10H2,1H3,(H2,15,16,19). The van der Waals surface area contributed by atoms with Crippen molar-refractivity contribution in [2.24, 2.45) is 0 Å². The molecule has 2 heterocycles. The van der Waals surface area contributed by atoms with Gasteiger partial charge in [0, 0.05) is 43.7 Å². The fourth-order valence-corrected chi connectivity index (χ4v) is 3.68. The van der Waals surface area contributed by atoms with E-state index in [0.717, 1.165) is 12.7 Å². The van der Waals surface area contributed by atoms with E-state index >= 15 is 0 Å². The Hall–Kier alpha value is -1.61. The molecule has 23 heavy (non-hydrogen) atoms. The van der Waals surface area contributed by atoms with E-state index in [0.29, 0.717) is 13.1 Å². The Bertz CT molecular complexity index is 669. The van der Waals surface area contributed by atoms with E-state index in [4.69, 9.17) is 0 Å². The lowest BCUT2D eigenvalue weighted by atomic mass is 10.1. The molecule has 9 heteroatoms. The second kappa shape index (κ2) is 7.78. The summed E-state index contributed by atoms with van der Waals surface area (Å²) < 4.78 is 21.9. The highest BCUT2D eigenvalue weighted by Crippen LogP contribution is 2.24. The van der Waals surface area contributed by atoms with Gasteiger partial charge in [-0.2, -0.15) is 0 Å². The van der Waals surface area contributed by atoms with Crippen molar-refractivity contribution in [1.29, 1.82) is 0 Å². The predicted molar refractivity (Wildman–Crippen MR) is 89.2 cm³/mol. The minimum Gasteiger partial charge on any atom is -0.338 e. The fourth-order valence-electron chi connectivity index (χ4n) is 2.31. The van der Waals surface area contributed by atoms with E-state index in [2.05, 4.69) is 10.6 Å². The van der Waals surface area contributed by atoms with Gasteiger partial charge in [-0.25, -0.2) is 13.2 Å². The van der Waals surface area contributed by atoms with Gasteiger partial charge in [0.05, 0.1) is 5.75 Å². The Kier molecular flexibility index (Phi) is 6.00. The van der Waals surface area contributed by atoms with Crippen LogP contribution >= 0.6 is 11.3 Å². The summed E-state index contributed by atoms with van der Waals surface area (Å²) in [6.45, 7) is 1.65. The molecule has 0 radical (unpaired) electrons. The summed E-state index contributed by atoms with van der Waals surface area (Å²) in [7, 11) is -3.09. The molecule has 2 N–H and O–H groups in total. The Morgan fingerprint density at radius 2 is 2.04 bits per heavy atom. The normalized spacial score (nSPS) is 14.2. The van der Waals surface area contributed by atoms with Crippen LogP contribution in [0.1, 0.15) is 16.9 Å². The maximum atomic E-state index is 12.1. The van der Waals surface area contributed by atoms with Crippen LogP contribution in [0.2, 0.25) is 0 Å². The van der Waals surface area contributed by atoms with Crippen molar-refractivity contribution in [3.63, 3.8) is 0 Å². The summed E-state index contributed by atoms with van der Waals surface area (Å²) in [5.74, 6) is -0.0888. The lowest BCUT2D eigenvalue weighted by Crippen LogP contribution is -2.41. The average molecular weight is 359 g/mol. The topological polar surface area (TPSA) is 95.6 Å². The molecule has 1 aromatic rings. The van der Waals surface area contributed by atoms with Crippen LogP contribution in [0.4, 0.5) is 4.79 Å². The van der Waals surface area contributed by atoms with Crippen LogP contribution in [0.15, 0.2) is 11.4 Å². The minimum absolute atomic E-state index is 0.0123. The van der Waals surface area contributed by atoms with Crippen LogP contribution in [0.5, 0.6) is 0 Å². The molecule has 3 amide bonds. The number of nitrogens with zero attached hydrogens (tertiary/aromatic N) is 1. The lowest BCUT2D eigenvalue weighted by molar-refractivity contribution is -0.131. The maximum Gasteiger partial charge on any atom is 0.314 e. The Morgan fingerprint density at radius 3 is 2.78 bits per heavy atom. The van der Waals surface area contributed by atoms with Crippen molar-refractivity contribution in [2.45, 2.75) is 19.4 Å². The first kappa shape index (κ1) is 17.7. The molecule has 0 saturated carbocycles. The van der Waals surface area contributed by atoms with Crippen LogP contribution in [-0.2, 0) is 27.6 Å². The molecule has 0 bridgehead atoms. The maximum absolute atomic E-state index is 12.1. The third-order valence-corrected chi connectivity index (χ3v) is 5.51. The van der Waals surface area contributed by atoms with Gasteiger partial charge in [0.15, 0.2) is 0 Å². The average Bonchev–Trinajstić information content (AvgIpc) is 2.93. The number of hydrogen-bond acceptors (Lipinski definition) is 5. The van der Waals surface area contributed by atoms with Gasteiger partial charge in [0.25, 0.3) is 0 Å². The van der Waals surface area contributed by atoms with E-state index < -0.39 is 15.9 Å². The Balaban J connectivity index is 1.64. The number of thiophene rings is 1. The molecule has 0 aromatic carbocycles. The highest BCUT2D eigenvalue weighted by molar-refractivity contribution is 7.90. The third kappa shape index (κ3) is 5.83. The SMILES string of the molecule is CS(=O)(=O)CCNC(=O)NCCC(=O)N1CCc2sccc2C1. The molecular formula is C14H21N3O4S2. The largest absolute Gasteiger partial charge is 0.338 e. The van der Waals surface area contributed by atoms with Gasteiger partial charge in [0.1, 0.15) is 9.84 Å². The number of hydrogen-bond donors (Lipinski definition) is 2. The van der Waals surface area contributed by atoms with E-state index in [1.807, 2.05) is 11.4 Å². The van der Waals surface area contributed by atoms with E-state index in [1.165, 1.54) is 10.4 Å². The number of urea groups is 1. The Labute approximate surface area is 140 Å². The molecule has 0 spiro atoms.